The van der Waals surface area contributed by atoms with Gasteiger partial charge in [-0.1, -0.05) is 84.5 Å². The molecular weight excluding hydrogens is 325 g/mol. The number of nitrogens with zero attached hydrogens (tertiary/aromatic N) is 1. The first kappa shape index (κ1) is 26.3. The molecule has 0 heterocycles. The van der Waals surface area contributed by atoms with Gasteiger partial charge in [0.05, 0.1) is 0 Å². The van der Waals surface area contributed by atoms with Crippen molar-refractivity contribution in [3.63, 3.8) is 0 Å². The molecule has 0 aromatic carbocycles. The second-order valence-electron chi connectivity index (χ2n) is 6.89. The second-order valence-corrected chi connectivity index (χ2v) is 7.92. The Bertz CT molecular complexity index is 286. The van der Waals surface area contributed by atoms with Crippen LogP contribution in [0.3, 0.4) is 0 Å². The van der Waals surface area contributed by atoms with Gasteiger partial charge < -0.3 is 19.6 Å². The number of unbranched alkanes of at least 4 members (excludes halogenated alkanes) is 9. The van der Waals surface area contributed by atoms with Gasteiger partial charge in [0.1, 0.15) is 0 Å². The Balaban J connectivity index is 0. The molecule has 0 saturated carbocycles. The van der Waals surface area contributed by atoms with Crippen LogP contribution in [0.25, 0.3) is 0 Å². The lowest BCUT2D eigenvalue weighted by Crippen LogP contribution is -2.27. The molecule has 5 nitrogen and oxygen atoms in total. The van der Waals surface area contributed by atoms with Gasteiger partial charge in [-0.2, -0.15) is 0 Å². The van der Waals surface area contributed by atoms with Crippen LogP contribution in [0.5, 0.6) is 0 Å². The van der Waals surface area contributed by atoms with Crippen molar-refractivity contribution in [2.75, 3.05) is 14.1 Å². The van der Waals surface area contributed by atoms with Crippen molar-refractivity contribution >= 4 is 7.82 Å². The molecule has 3 N–H and O–H groups in total. The summed E-state index contributed by atoms with van der Waals surface area (Å²) in [5.74, 6) is 0. The summed E-state index contributed by atoms with van der Waals surface area (Å²) in [4.78, 5) is 24.0. The van der Waals surface area contributed by atoms with Crippen molar-refractivity contribution < 1.29 is 19.2 Å². The van der Waals surface area contributed by atoms with E-state index in [0.717, 1.165) is 6.04 Å². The van der Waals surface area contributed by atoms with E-state index in [1.807, 2.05) is 0 Å². The minimum absolute atomic E-state index is 0.826. The number of hydrogen-bond donors (Lipinski definition) is 3. The molecule has 0 fully saturated rings. The Labute approximate surface area is 150 Å². The Hall–Kier alpha value is 0.0700. The van der Waals surface area contributed by atoms with E-state index < -0.39 is 7.82 Å². The average molecular weight is 368 g/mol. The van der Waals surface area contributed by atoms with Crippen LogP contribution in [0.15, 0.2) is 0 Å². The molecule has 0 aliphatic carbocycles. The van der Waals surface area contributed by atoms with Crippen molar-refractivity contribution in [1.82, 2.24) is 4.90 Å². The van der Waals surface area contributed by atoms with Gasteiger partial charge >= 0.3 is 7.82 Å². The van der Waals surface area contributed by atoms with Gasteiger partial charge in [0, 0.05) is 6.04 Å². The Kier molecular flexibility index (Phi) is 19.6. The molecule has 0 aromatic rings. The summed E-state index contributed by atoms with van der Waals surface area (Å²) in [6.07, 6.45) is 18.5. The fraction of sp³-hybridized carbons (Fsp3) is 1.00. The van der Waals surface area contributed by atoms with Crippen LogP contribution in [0, 0.1) is 0 Å². The largest absolute Gasteiger partial charge is 0.466 e. The topological polar surface area (TPSA) is 81.0 Å². The highest BCUT2D eigenvalue weighted by molar-refractivity contribution is 7.45. The van der Waals surface area contributed by atoms with Crippen molar-refractivity contribution in [2.45, 2.75) is 103 Å². The minimum atomic E-state index is -4.64. The SMILES string of the molecule is CCCCCCCCCCC(CCCCC)N(C)C.O=P(O)(O)O. The molecular formula is C18H42NO4P. The van der Waals surface area contributed by atoms with Crippen molar-refractivity contribution in [2.24, 2.45) is 0 Å². The van der Waals surface area contributed by atoms with Crippen LogP contribution in [-0.4, -0.2) is 39.7 Å². The molecule has 1 unspecified atom stereocenters. The molecule has 0 bridgehead atoms. The normalized spacial score (nSPS) is 12.8. The van der Waals surface area contributed by atoms with Crippen LogP contribution >= 0.6 is 7.82 Å². The molecule has 0 radical (unpaired) electrons. The fourth-order valence-corrected chi connectivity index (χ4v) is 2.80. The first-order valence-corrected chi connectivity index (χ1v) is 11.2. The minimum Gasteiger partial charge on any atom is -0.306 e. The molecule has 0 spiro atoms. The van der Waals surface area contributed by atoms with E-state index in [0.29, 0.717) is 0 Å². The molecule has 0 aliphatic heterocycles. The maximum absolute atomic E-state index is 8.88. The number of hydrogen-bond acceptors (Lipinski definition) is 2. The molecule has 0 aromatic heterocycles. The third kappa shape index (κ3) is 26.9. The van der Waals surface area contributed by atoms with Crippen LogP contribution < -0.4 is 0 Å². The quantitative estimate of drug-likeness (QED) is 0.294. The van der Waals surface area contributed by atoms with Gasteiger partial charge in [-0.25, -0.2) is 4.57 Å². The molecule has 24 heavy (non-hydrogen) atoms. The van der Waals surface area contributed by atoms with Crippen LogP contribution in [0.1, 0.15) is 97.3 Å². The Morgan fingerprint density at radius 2 is 1.00 bits per heavy atom. The molecule has 148 valence electrons. The summed E-state index contributed by atoms with van der Waals surface area (Å²) in [6, 6.07) is 0.826. The van der Waals surface area contributed by atoms with Crippen molar-refractivity contribution in [1.29, 1.82) is 0 Å². The van der Waals surface area contributed by atoms with Gasteiger partial charge in [0.25, 0.3) is 0 Å². The lowest BCUT2D eigenvalue weighted by Gasteiger charge is -2.24. The summed E-state index contributed by atoms with van der Waals surface area (Å²) in [7, 11) is -0.136. The highest BCUT2D eigenvalue weighted by atomic mass is 31.2. The maximum Gasteiger partial charge on any atom is 0.466 e. The third-order valence-electron chi connectivity index (χ3n) is 4.26. The predicted molar refractivity (Wildman–Crippen MR) is 103 cm³/mol. The van der Waals surface area contributed by atoms with E-state index >= 15 is 0 Å². The second kappa shape index (κ2) is 17.9. The zero-order valence-electron chi connectivity index (χ0n) is 16.4. The molecule has 0 amide bonds. The maximum atomic E-state index is 8.88. The van der Waals surface area contributed by atoms with E-state index in [2.05, 4.69) is 32.8 Å². The molecule has 0 saturated heterocycles. The molecule has 0 rings (SSSR count). The van der Waals surface area contributed by atoms with Crippen LogP contribution in [0.2, 0.25) is 0 Å². The fourth-order valence-electron chi connectivity index (χ4n) is 2.80. The van der Waals surface area contributed by atoms with E-state index in [1.54, 1.807) is 0 Å². The summed E-state index contributed by atoms with van der Waals surface area (Å²) >= 11 is 0. The van der Waals surface area contributed by atoms with Gasteiger partial charge in [-0.05, 0) is 26.9 Å². The summed E-state index contributed by atoms with van der Waals surface area (Å²) in [5, 5.41) is 0. The van der Waals surface area contributed by atoms with Gasteiger partial charge in [0.15, 0.2) is 0 Å². The zero-order chi connectivity index (χ0) is 18.8. The smallest absolute Gasteiger partial charge is 0.306 e. The third-order valence-corrected chi connectivity index (χ3v) is 4.26. The van der Waals surface area contributed by atoms with Gasteiger partial charge in [0.2, 0.25) is 0 Å². The van der Waals surface area contributed by atoms with E-state index in [1.165, 1.54) is 83.5 Å². The van der Waals surface area contributed by atoms with Crippen LogP contribution in [0.4, 0.5) is 0 Å². The van der Waals surface area contributed by atoms with Gasteiger partial charge in [-0.15, -0.1) is 0 Å². The molecule has 6 heteroatoms. The highest BCUT2D eigenvalue weighted by Crippen LogP contribution is 2.25. The van der Waals surface area contributed by atoms with Crippen molar-refractivity contribution in [3.8, 4) is 0 Å². The zero-order valence-corrected chi connectivity index (χ0v) is 17.3. The first-order valence-electron chi connectivity index (χ1n) is 9.67. The lowest BCUT2D eigenvalue weighted by molar-refractivity contribution is 0.252. The summed E-state index contributed by atoms with van der Waals surface area (Å²) < 4.78 is 8.88. The number of phosphoric acid groups is 1. The first-order chi connectivity index (χ1) is 11.2. The summed E-state index contributed by atoms with van der Waals surface area (Å²) in [5.41, 5.74) is 0. The van der Waals surface area contributed by atoms with Crippen molar-refractivity contribution in [3.05, 3.63) is 0 Å². The van der Waals surface area contributed by atoms with E-state index in [-0.39, 0.29) is 0 Å². The standard InChI is InChI=1S/C18H39N.H3O4P/c1-5-7-9-10-11-12-13-15-17-18(19(3)4)16-14-8-6-2;1-5(2,3)4/h18H,5-17H2,1-4H3;(H3,1,2,3,4). The lowest BCUT2D eigenvalue weighted by atomic mass is 10.00. The predicted octanol–water partition coefficient (Wildman–Crippen LogP) is 5.10. The monoisotopic (exact) mass is 367 g/mol. The Morgan fingerprint density at radius 3 is 1.38 bits per heavy atom. The number of rotatable bonds is 14. The van der Waals surface area contributed by atoms with Crippen LogP contribution in [-0.2, 0) is 4.57 Å². The Morgan fingerprint density at radius 1 is 0.708 bits per heavy atom. The van der Waals surface area contributed by atoms with Gasteiger partial charge in [-0.3, -0.25) is 0 Å². The van der Waals surface area contributed by atoms with E-state index in [9.17, 15) is 0 Å². The molecule has 0 aliphatic rings. The highest BCUT2D eigenvalue weighted by Gasteiger charge is 2.10. The average Bonchev–Trinajstić information content (AvgIpc) is 2.46. The molecule has 1 atom stereocenters. The summed E-state index contributed by atoms with van der Waals surface area (Å²) in [6.45, 7) is 4.59. The van der Waals surface area contributed by atoms with E-state index in [4.69, 9.17) is 19.2 Å².